The highest BCUT2D eigenvalue weighted by atomic mass is 32.2. The molecule has 140 valence electrons. The fourth-order valence-electron chi connectivity index (χ4n) is 2.40. The molecule has 0 spiro atoms. The van der Waals surface area contributed by atoms with Gasteiger partial charge in [0.1, 0.15) is 23.4 Å². The topological polar surface area (TPSA) is 114 Å². The zero-order chi connectivity index (χ0) is 20.3. The smallest absolute Gasteiger partial charge is 0.270 e. The van der Waals surface area contributed by atoms with E-state index in [1.54, 1.807) is 12.1 Å². The summed E-state index contributed by atoms with van der Waals surface area (Å²) in [6.07, 6.45) is 1.04. The Hall–Kier alpha value is -3.77. The van der Waals surface area contributed by atoms with Gasteiger partial charge in [-0.2, -0.15) is 5.26 Å². The van der Waals surface area contributed by atoms with Gasteiger partial charge in [-0.15, -0.1) is 0 Å². The molecule has 0 fully saturated rings. The lowest BCUT2D eigenvalue weighted by molar-refractivity contribution is -0.384. The summed E-state index contributed by atoms with van der Waals surface area (Å²) in [7, 11) is -4.16. The average Bonchev–Trinajstić information content (AvgIpc) is 3.15. The van der Waals surface area contributed by atoms with Crippen molar-refractivity contribution in [3.63, 3.8) is 0 Å². The Morgan fingerprint density at radius 3 is 2.50 bits per heavy atom. The molecule has 0 saturated carbocycles. The molecule has 0 saturated heterocycles. The van der Waals surface area contributed by atoms with E-state index in [4.69, 9.17) is 4.42 Å². The molecule has 0 atom stereocenters. The molecular formula is C19H11FN2O5S. The van der Waals surface area contributed by atoms with Gasteiger partial charge in [0.25, 0.3) is 5.69 Å². The van der Waals surface area contributed by atoms with E-state index >= 15 is 0 Å². The number of nitrogens with zero attached hydrogens (tertiary/aromatic N) is 2. The van der Waals surface area contributed by atoms with Crippen LogP contribution in [-0.2, 0) is 9.84 Å². The van der Waals surface area contributed by atoms with Gasteiger partial charge in [-0.05, 0) is 36.4 Å². The number of rotatable bonds is 5. The standard InChI is InChI=1S/C19H11FN2O5S/c20-14-4-7-17(8-5-14)28(25,26)18(12-21)11-16-6-9-19(27-16)13-2-1-3-15(10-13)22(23)24/h1-11H. The monoisotopic (exact) mass is 398 g/mol. The SMILES string of the molecule is N#CC(=Cc1ccc(-c2cccc([N+](=O)[O-])c2)o1)S(=O)(=O)c1ccc(F)cc1. The van der Waals surface area contributed by atoms with Crippen molar-refractivity contribution in [2.75, 3.05) is 0 Å². The fraction of sp³-hybridized carbons (Fsp3) is 0. The number of furan rings is 1. The van der Waals surface area contributed by atoms with E-state index in [1.807, 2.05) is 0 Å². The highest BCUT2D eigenvalue weighted by Crippen LogP contribution is 2.28. The van der Waals surface area contributed by atoms with Crippen LogP contribution in [0.25, 0.3) is 17.4 Å². The highest BCUT2D eigenvalue weighted by molar-refractivity contribution is 7.95. The second-order valence-electron chi connectivity index (χ2n) is 5.59. The number of benzene rings is 2. The fourth-order valence-corrected chi connectivity index (χ4v) is 3.54. The minimum Gasteiger partial charge on any atom is -0.457 e. The van der Waals surface area contributed by atoms with Gasteiger partial charge in [-0.1, -0.05) is 12.1 Å². The first-order valence-electron chi connectivity index (χ1n) is 7.78. The van der Waals surface area contributed by atoms with Crippen LogP contribution in [0, 0.1) is 27.3 Å². The molecule has 0 radical (unpaired) electrons. The molecule has 0 bridgehead atoms. The van der Waals surface area contributed by atoms with Crippen molar-refractivity contribution in [3.8, 4) is 17.4 Å². The molecule has 9 heteroatoms. The third-order valence-corrected chi connectivity index (χ3v) is 5.45. The van der Waals surface area contributed by atoms with Gasteiger partial charge in [-0.3, -0.25) is 10.1 Å². The lowest BCUT2D eigenvalue weighted by Gasteiger charge is -2.02. The first-order chi connectivity index (χ1) is 13.3. The normalized spacial score (nSPS) is 11.8. The third-order valence-electron chi connectivity index (χ3n) is 3.77. The molecular weight excluding hydrogens is 387 g/mol. The highest BCUT2D eigenvalue weighted by Gasteiger charge is 2.21. The Bertz CT molecular complexity index is 1220. The van der Waals surface area contributed by atoms with Crippen molar-refractivity contribution in [1.82, 2.24) is 0 Å². The molecule has 0 unspecified atom stereocenters. The van der Waals surface area contributed by atoms with Gasteiger partial charge in [0, 0.05) is 23.8 Å². The van der Waals surface area contributed by atoms with Crippen molar-refractivity contribution in [3.05, 3.63) is 87.3 Å². The van der Waals surface area contributed by atoms with E-state index in [9.17, 15) is 28.2 Å². The number of nitro benzene ring substituents is 1. The lowest BCUT2D eigenvalue weighted by Crippen LogP contribution is -2.03. The number of allylic oxidation sites excluding steroid dienone is 1. The van der Waals surface area contributed by atoms with Crippen LogP contribution in [-0.4, -0.2) is 13.3 Å². The Morgan fingerprint density at radius 1 is 1.14 bits per heavy atom. The molecule has 1 heterocycles. The number of non-ortho nitro benzene ring substituents is 1. The maximum Gasteiger partial charge on any atom is 0.270 e. The van der Waals surface area contributed by atoms with E-state index < -0.39 is 25.5 Å². The molecule has 1 aromatic heterocycles. The minimum atomic E-state index is -4.16. The molecule has 0 aliphatic rings. The molecule has 0 aliphatic heterocycles. The second-order valence-corrected chi connectivity index (χ2v) is 7.51. The van der Waals surface area contributed by atoms with E-state index in [0.29, 0.717) is 5.56 Å². The summed E-state index contributed by atoms with van der Waals surface area (Å²) >= 11 is 0. The van der Waals surface area contributed by atoms with Crippen LogP contribution in [0.5, 0.6) is 0 Å². The van der Waals surface area contributed by atoms with Crippen molar-refractivity contribution in [2.45, 2.75) is 4.90 Å². The second kappa shape index (κ2) is 7.46. The molecule has 0 N–H and O–H groups in total. The van der Waals surface area contributed by atoms with Crippen molar-refractivity contribution in [2.24, 2.45) is 0 Å². The van der Waals surface area contributed by atoms with E-state index in [2.05, 4.69) is 0 Å². The van der Waals surface area contributed by atoms with Gasteiger partial charge in [0.2, 0.25) is 9.84 Å². The summed E-state index contributed by atoms with van der Waals surface area (Å²) in [6.45, 7) is 0. The molecule has 3 aromatic rings. The van der Waals surface area contributed by atoms with Crippen LogP contribution >= 0.6 is 0 Å². The first-order valence-corrected chi connectivity index (χ1v) is 9.27. The van der Waals surface area contributed by atoms with Gasteiger partial charge in [-0.25, -0.2) is 12.8 Å². The van der Waals surface area contributed by atoms with Gasteiger partial charge in [0.15, 0.2) is 4.91 Å². The van der Waals surface area contributed by atoms with Crippen LogP contribution < -0.4 is 0 Å². The van der Waals surface area contributed by atoms with Crippen LogP contribution in [0.2, 0.25) is 0 Å². The summed E-state index contributed by atoms with van der Waals surface area (Å²) < 4.78 is 43.6. The molecule has 0 aliphatic carbocycles. The molecule has 7 nitrogen and oxygen atoms in total. The number of sulfone groups is 1. The third kappa shape index (κ3) is 3.82. The van der Waals surface area contributed by atoms with E-state index in [-0.39, 0.29) is 22.1 Å². The molecule has 2 aromatic carbocycles. The molecule has 28 heavy (non-hydrogen) atoms. The largest absolute Gasteiger partial charge is 0.457 e. The van der Waals surface area contributed by atoms with Gasteiger partial charge in [0.05, 0.1) is 9.82 Å². The number of nitro groups is 1. The van der Waals surface area contributed by atoms with E-state index in [0.717, 1.165) is 30.3 Å². The lowest BCUT2D eigenvalue weighted by atomic mass is 10.1. The van der Waals surface area contributed by atoms with Crippen molar-refractivity contribution in [1.29, 1.82) is 5.26 Å². The maximum atomic E-state index is 13.0. The Labute approximate surface area is 159 Å². The summed E-state index contributed by atoms with van der Waals surface area (Å²) in [6, 6.07) is 14.4. The maximum absolute atomic E-state index is 13.0. The van der Waals surface area contributed by atoms with Crippen LogP contribution in [0.1, 0.15) is 5.76 Å². The minimum absolute atomic E-state index is 0.0729. The summed E-state index contributed by atoms with van der Waals surface area (Å²) in [5.74, 6) is -0.260. The quantitative estimate of drug-likeness (QED) is 0.273. The van der Waals surface area contributed by atoms with Gasteiger partial charge >= 0.3 is 0 Å². The average molecular weight is 398 g/mol. The summed E-state index contributed by atoms with van der Waals surface area (Å²) in [5.41, 5.74) is 0.302. The predicted octanol–water partition coefficient (Wildman–Crippen LogP) is 4.33. The number of hydrogen-bond acceptors (Lipinski definition) is 6. The number of hydrogen-bond donors (Lipinski definition) is 0. The first kappa shape index (κ1) is 19.0. The molecule has 3 rings (SSSR count). The number of halogens is 1. The summed E-state index contributed by atoms with van der Waals surface area (Å²) in [4.78, 5) is 9.52. The zero-order valence-electron chi connectivity index (χ0n) is 14.1. The Balaban J connectivity index is 1.97. The van der Waals surface area contributed by atoms with Crippen LogP contribution in [0.3, 0.4) is 0 Å². The summed E-state index contributed by atoms with van der Waals surface area (Å²) in [5, 5.41) is 20.2. The number of nitriles is 1. The van der Waals surface area contributed by atoms with Crippen LogP contribution in [0.4, 0.5) is 10.1 Å². The molecule has 0 amide bonds. The van der Waals surface area contributed by atoms with Crippen molar-refractivity contribution >= 4 is 21.6 Å². The van der Waals surface area contributed by atoms with Gasteiger partial charge < -0.3 is 4.42 Å². The van der Waals surface area contributed by atoms with Crippen molar-refractivity contribution < 1.29 is 22.1 Å². The Morgan fingerprint density at radius 2 is 1.86 bits per heavy atom. The Kier molecular flexibility index (Phi) is 5.06. The predicted molar refractivity (Wildman–Crippen MR) is 98.0 cm³/mol. The van der Waals surface area contributed by atoms with E-state index in [1.165, 1.54) is 30.3 Å². The van der Waals surface area contributed by atoms with Crippen LogP contribution in [0.15, 0.2) is 74.9 Å². The zero-order valence-corrected chi connectivity index (χ0v) is 14.9.